The van der Waals surface area contributed by atoms with Crippen LogP contribution in [0, 0.1) is 0 Å². The molecule has 47 heavy (non-hydrogen) atoms. The predicted octanol–water partition coefficient (Wildman–Crippen LogP) is -1.71. The molecule has 0 bridgehead atoms. The fourth-order valence-corrected chi connectivity index (χ4v) is 4.96. The van der Waals surface area contributed by atoms with Gasteiger partial charge in [-0.3, -0.25) is 14.4 Å². The number of ether oxygens (including phenoxy) is 6. The van der Waals surface area contributed by atoms with E-state index >= 15 is 0 Å². The molecule has 2 aliphatic heterocycles. The van der Waals surface area contributed by atoms with Gasteiger partial charge in [-0.25, -0.2) is 0 Å². The molecule has 0 radical (unpaired) electrons. The zero-order valence-electron chi connectivity index (χ0n) is 24.4. The topological polar surface area (TPSA) is 282 Å². The van der Waals surface area contributed by atoms with E-state index < -0.39 is 96.0 Å². The molecular formula is C29H30O18. The molecule has 0 spiro atoms. The van der Waals surface area contributed by atoms with Gasteiger partial charge in [0.15, 0.2) is 36.7 Å². The van der Waals surface area contributed by atoms with E-state index in [4.69, 9.17) is 32.8 Å². The summed E-state index contributed by atoms with van der Waals surface area (Å²) in [6.45, 7) is 1.99. The molecule has 0 aliphatic carbocycles. The number of rotatable bonds is 7. The third-order valence-electron chi connectivity index (χ3n) is 7.16. The number of aromatic hydroxyl groups is 2. The first-order chi connectivity index (χ1) is 22.2. The fraction of sp³-hybridized carbons (Fsp3) is 0.414. The highest BCUT2D eigenvalue weighted by Gasteiger charge is 2.51. The summed E-state index contributed by atoms with van der Waals surface area (Å²) in [5.74, 6) is -4.11. The minimum absolute atomic E-state index is 0.106. The first-order valence-electron chi connectivity index (χ1n) is 13.9. The number of hydrogen-bond acceptors (Lipinski definition) is 18. The monoisotopic (exact) mass is 666 g/mol. The van der Waals surface area contributed by atoms with E-state index in [-0.39, 0.29) is 28.4 Å². The average molecular weight is 667 g/mol. The Morgan fingerprint density at radius 2 is 1.32 bits per heavy atom. The van der Waals surface area contributed by atoms with Gasteiger partial charge in [-0.05, 0) is 24.3 Å². The van der Waals surface area contributed by atoms with Crippen LogP contribution in [-0.4, -0.2) is 115 Å². The second-order valence-corrected chi connectivity index (χ2v) is 10.6. The van der Waals surface area contributed by atoms with Gasteiger partial charge in [-0.1, -0.05) is 0 Å². The second kappa shape index (κ2) is 13.3. The summed E-state index contributed by atoms with van der Waals surface area (Å²) in [5.41, 5.74) is -1.29. The second-order valence-electron chi connectivity index (χ2n) is 10.6. The molecule has 8 N–H and O–H groups in total. The normalized spacial score (nSPS) is 30.8. The van der Waals surface area contributed by atoms with E-state index in [1.165, 1.54) is 24.3 Å². The van der Waals surface area contributed by atoms with Crippen molar-refractivity contribution in [2.75, 3.05) is 0 Å². The van der Waals surface area contributed by atoms with E-state index in [0.717, 1.165) is 26.0 Å². The molecule has 2 fully saturated rings. The molecule has 5 rings (SSSR count). The van der Waals surface area contributed by atoms with Crippen molar-refractivity contribution >= 4 is 22.9 Å². The summed E-state index contributed by atoms with van der Waals surface area (Å²) < 4.78 is 37.4. The van der Waals surface area contributed by atoms with Crippen LogP contribution in [0.3, 0.4) is 0 Å². The summed E-state index contributed by atoms with van der Waals surface area (Å²) in [7, 11) is 0. The fourth-order valence-electron chi connectivity index (χ4n) is 4.96. The largest absolute Gasteiger partial charge is 0.508 e. The first-order valence-corrected chi connectivity index (χ1v) is 13.9. The molecule has 3 unspecified atom stereocenters. The lowest BCUT2D eigenvalue weighted by molar-refractivity contribution is -0.324. The van der Waals surface area contributed by atoms with Crippen LogP contribution in [0.15, 0.2) is 45.6 Å². The molecule has 3 aromatic rings. The van der Waals surface area contributed by atoms with Crippen molar-refractivity contribution in [3.63, 3.8) is 0 Å². The van der Waals surface area contributed by atoms with Gasteiger partial charge in [-0.15, -0.1) is 0 Å². The third kappa shape index (κ3) is 6.80. The highest BCUT2D eigenvalue weighted by Crippen LogP contribution is 2.38. The molecule has 18 nitrogen and oxygen atoms in total. The SMILES string of the molecule is CC(=O)O[C@@H]1[C@@H](O)C(Oc2c(-c3ccc(O)cc3)oc3cc(OC4O[C@@H](O)[C@H](O)[C@H](O)[C@H]4O)cc(O)c3c2=O)OC(O)[C@@H]1OC(C)=O. The Balaban J connectivity index is 1.57. The summed E-state index contributed by atoms with van der Waals surface area (Å²) in [6.07, 6.45) is -18.6. The van der Waals surface area contributed by atoms with Gasteiger partial charge in [0.2, 0.25) is 23.8 Å². The summed E-state index contributed by atoms with van der Waals surface area (Å²) in [4.78, 5) is 37.2. The van der Waals surface area contributed by atoms with Gasteiger partial charge >= 0.3 is 11.9 Å². The molecular weight excluding hydrogens is 636 g/mol. The molecule has 0 amide bonds. The molecule has 0 saturated carbocycles. The molecule has 2 aromatic carbocycles. The summed E-state index contributed by atoms with van der Waals surface area (Å²) in [6, 6.07) is 7.10. The van der Waals surface area contributed by atoms with Gasteiger partial charge in [0.05, 0.1) is 0 Å². The number of phenolic OH excluding ortho intramolecular Hbond substituents is 2. The number of hydrogen-bond donors (Lipinski definition) is 8. The summed E-state index contributed by atoms with van der Waals surface area (Å²) >= 11 is 0. The van der Waals surface area contributed by atoms with Crippen LogP contribution in [0.2, 0.25) is 0 Å². The zero-order chi connectivity index (χ0) is 34.3. The van der Waals surface area contributed by atoms with Crippen LogP contribution in [0.25, 0.3) is 22.3 Å². The maximum absolute atomic E-state index is 13.9. The van der Waals surface area contributed by atoms with E-state index in [1.54, 1.807) is 0 Å². The minimum Gasteiger partial charge on any atom is -0.508 e. The predicted molar refractivity (Wildman–Crippen MR) is 149 cm³/mol. The lowest BCUT2D eigenvalue weighted by atomic mass is 10.0. The number of benzene rings is 2. The molecule has 10 atom stereocenters. The number of carbonyl (C=O) groups excluding carboxylic acids is 2. The van der Waals surface area contributed by atoms with Crippen LogP contribution in [0.1, 0.15) is 13.8 Å². The molecule has 3 heterocycles. The smallest absolute Gasteiger partial charge is 0.303 e. The molecule has 1 aromatic heterocycles. The van der Waals surface area contributed by atoms with Gasteiger partial charge < -0.3 is 73.7 Å². The Labute approximate surface area is 263 Å². The van der Waals surface area contributed by atoms with Gasteiger partial charge in [0.1, 0.15) is 46.5 Å². The average Bonchev–Trinajstić information content (AvgIpc) is 3.00. The van der Waals surface area contributed by atoms with E-state index in [0.29, 0.717) is 0 Å². The molecule has 2 aliphatic rings. The highest BCUT2D eigenvalue weighted by atomic mass is 16.8. The van der Waals surface area contributed by atoms with Crippen molar-refractivity contribution in [3.8, 4) is 34.3 Å². The number of fused-ring (bicyclic) bond motifs is 1. The number of carbonyl (C=O) groups is 2. The van der Waals surface area contributed by atoms with Crippen molar-refractivity contribution < 1.29 is 83.3 Å². The Hall–Kier alpha value is -4.53. The number of phenols is 2. The maximum atomic E-state index is 13.9. The standard InChI is InChI=1S/C29H30O18/c1-9(30)41-24-21(38)29(47-27(40)25(24)42-10(2)31)45-23-17(34)16-14(33)7-13(43-28-20(37)18(35)19(36)26(39)46-28)8-15(16)44-22(23)11-3-5-12(32)6-4-11/h3-8,18-21,24-29,32-33,35-40H,1-2H3/t18-,19+,20+,21+,24+,25+,26+,27?,28?,29?/m0/s1. The highest BCUT2D eigenvalue weighted by molar-refractivity contribution is 5.88. The van der Waals surface area contributed by atoms with E-state index in [9.17, 15) is 55.2 Å². The lowest BCUT2D eigenvalue weighted by Crippen LogP contribution is -2.61. The van der Waals surface area contributed by atoms with Crippen LogP contribution in [0.5, 0.6) is 23.0 Å². The number of esters is 2. The van der Waals surface area contributed by atoms with Crippen LogP contribution in [-0.2, 0) is 28.5 Å². The first kappa shape index (κ1) is 33.8. The van der Waals surface area contributed by atoms with Gasteiger partial charge in [-0.2, -0.15) is 0 Å². The third-order valence-corrected chi connectivity index (χ3v) is 7.16. The Bertz CT molecular complexity index is 1690. The van der Waals surface area contributed by atoms with Crippen LogP contribution in [0.4, 0.5) is 0 Å². The van der Waals surface area contributed by atoms with Crippen molar-refractivity contribution in [3.05, 3.63) is 46.6 Å². The van der Waals surface area contributed by atoms with Gasteiger partial charge in [0, 0.05) is 31.5 Å². The lowest BCUT2D eigenvalue weighted by Gasteiger charge is -2.40. The van der Waals surface area contributed by atoms with Crippen molar-refractivity contribution in [1.82, 2.24) is 0 Å². The Kier molecular flexibility index (Phi) is 9.57. The van der Waals surface area contributed by atoms with E-state index in [1.807, 2.05) is 0 Å². The Morgan fingerprint density at radius 3 is 1.96 bits per heavy atom. The number of aliphatic hydroxyl groups is 6. The van der Waals surface area contributed by atoms with Crippen LogP contribution >= 0.6 is 0 Å². The quantitative estimate of drug-likeness (QED) is 0.130. The number of aliphatic hydroxyl groups excluding tert-OH is 6. The van der Waals surface area contributed by atoms with Gasteiger partial charge in [0.25, 0.3) is 0 Å². The van der Waals surface area contributed by atoms with Crippen molar-refractivity contribution in [1.29, 1.82) is 0 Å². The van der Waals surface area contributed by atoms with Crippen molar-refractivity contribution in [2.45, 2.75) is 75.6 Å². The minimum atomic E-state index is -2.02. The van der Waals surface area contributed by atoms with E-state index in [2.05, 4.69) is 0 Å². The zero-order valence-corrected chi connectivity index (χ0v) is 24.4. The van der Waals surface area contributed by atoms with Crippen molar-refractivity contribution in [2.24, 2.45) is 0 Å². The summed E-state index contributed by atoms with van der Waals surface area (Å²) in [5, 5.41) is 81.5. The Morgan fingerprint density at radius 1 is 0.723 bits per heavy atom. The molecule has 18 heteroatoms. The molecule has 2 saturated heterocycles. The molecule has 254 valence electrons. The maximum Gasteiger partial charge on any atom is 0.303 e. The van der Waals surface area contributed by atoms with Crippen LogP contribution < -0.4 is 14.9 Å².